The van der Waals surface area contributed by atoms with E-state index in [1.165, 1.54) is 19.3 Å². The summed E-state index contributed by atoms with van der Waals surface area (Å²) < 4.78 is 35.7. The summed E-state index contributed by atoms with van der Waals surface area (Å²) in [5.41, 5.74) is 7.38. The molecule has 0 radical (unpaired) electrons. The van der Waals surface area contributed by atoms with Crippen LogP contribution in [0.4, 0.5) is 11.5 Å². The molecule has 1 saturated carbocycles. The van der Waals surface area contributed by atoms with Crippen molar-refractivity contribution in [1.82, 2.24) is 10.3 Å². The minimum Gasteiger partial charge on any atom is -0.492 e. The number of carbonyl (C=O) groups excluding carboxylic acids is 1. The van der Waals surface area contributed by atoms with E-state index < -0.39 is 10.2 Å². The number of rotatable bonds is 6. The molecule has 0 unspecified atom stereocenters. The maximum absolute atomic E-state index is 12.8. The summed E-state index contributed by atoms with van der Waals surface area (Å²) in [4.78, 5) is 19.5. The summed E-state index contributed by atoms with van der Waals surface area (Å²) >= 11 is 0. The van der Waals surface area contributed by atoms with Gasteiger partial charge in [0.1, 0.15) is 11.6 Å². The van der Waals surface area contributed by atoms with Crippen molar-refractivity contribution in [2.45, 2.75) is 51.0 Å². The van der Waals surface area contributed by atoms with E-state index in [1.54, 1.807) is 30.5 Å². The lowest BCUT2D eigenvalue weighted by atomic mass is 9.95. The highest BCUT2D eigenvalue weighted by molar-refractivity contribution is 7.91. The van der Waals surface area contributed by atoms with Crippen molar-refractivity contribution >= 4 is 33.5 Å². The predicted molar refractivity (Wildman–Crippen MR) is 139 cm³/mol. The molecule has 10 nitrogen and oxygen atoms in total. The standard InChI is InChI=1S/C25H32N6O4S/c26-24-23-20(29-36(33,34)30-24)9-4-10-21(23)35-16-17-6-5-13-31(15-17)22-14-18(11-12-27-22)25(32)28-19-7-2-1-3-8-19/h4,9-12,14,17,19,29H,1-3,5-8,13,15-16H2,(H2,26,30)(H,28,32)/t17-/m0/s1. The van der Waals surface area contributed by atoms with Crippen molar-refractivity contribution in [2.75, 3.05) is 29.3 Å². The lowest BCUT2D eigenvalue weighted by Gasteiger charge is -2.34. The fraction of sp³-hybridized carbons (Fsp3) is 0.480. The Kier molecular flexibility index (Phi) is 6.99. The molecule has 2 aliphatic heterocycles. The first-order chi connectivity index (χ1) is 17.4. The molecular weight excluding hydrogens is 480 g/mol. The lowest BCUT2D eigenvalue weighted by Crippen LogP contribution is -2.39. The second-order valence-electron chi connectivity index (χ2n) is 9.71. The summed E-state index contributed by atoms with van der Waals surface area (Å²) in [7, 11) is -3.84. The highest BCUT2D eigenvalue weighted by Crippen LogP contribution is 2.31. The second-order valence-corrected chi connectivity index (χ2v) is 11.0. The van der Waals surface area contributed by atoms with Gasteiger partial charge in [0.2, 0.25) is 0 Å². The summed E-state index contributed by atoms with van der Waals surface area (Å²) in [5.74, 6) is 1.39. The molecule has 192 valence electrons. The zero-order valence-corrected chi connectivity index (χ0v) is 21.0. The molecule has 1 aromatic carbocycles. The molecule has 4 N–H and O–H groups in total. The Bertz CT molecular complexity index is 1260. The number of nitrogens with zero attached hydrogens (tertiary/aromatic N) is 3. The lowest BCUT2D eigenvalue weighted by molar-refractivity contribution is 0.0927. The van der Waals surface area contributed by atoms with Crippen LogP contribution in [0.15, 0.2) is 40.9 Å². The molecule has 36 heavy (non-hydrogen) atoms. The van der Waals surface area contributed by atoms with Crippen LogP contribution in [-0.2, 0) is 10.2 Å². The number of hydrogen-bond donors (Lipinski definition) is 3. The molecule has 3 heterocycles. The zero-order chi connectivity index (χ0) is 25.1. The average Bonchev–Trinajstić information content (AvgIpc) is 2.87. The van der Waals surface area contributed by atoms with Crippen LogP contribution in [0.3, 0.4) is 0 Å². The number of benzene rings is 1. The number of aromatic nitrogens is 1. The van der Waals surface area contributed by atoms with E-state index in [9.17, 15) is 13.2 Å². The second kappa shape index (κ2) is 10.3. The number of ether oxygens (including phenoxy) is 1. The number of amides is 1. The number of amidine groups is 1. The van der Waals surface area contributed by atoms with Gasteiger partial charge in [-0.1, -0.05) is 25.3 Å². The zero-order valence-electron chi connectivity index (χ0n) is 20.2. The third-order valence-corrected chi connectivity index (χ3v) is 7.92. The Morgan fingerprint density at radius 1 is 1.17 bits per heavy atom. The van der Waals surface area contributed by atoms with E-state index in [1.807, 2.05) is 6.07 Å². The van der Waals surface area contributed by atoms with Crippen molar-refractivity contribution in [3.8, 4) is 5.75 Å². The SMILES string of the molecule is NC1=NS(=O)(=O)Nc2cccc(OC[C@H]3CCCN(c4cc(C(=O)NC5CCCCC5)ccn4)C3)c21. The van der Waals surface area contributed by atoms with Crippen molar-refractivity contribution in [3.05, 3.63) is 47.7 Å². The quantitative estimate of drug-likeness (QED) is 0.541. The summed E-state index contributed by atoms with van der Waals surface area (Å²) in [5, 5.41) is 3.18. The van der Waals surface area contributed by atoms with Gasteiger partial charge in [0.05, 0.1) is 17.9 Å². The Hall–Kier alpha value is -3.34. The molecule has 1 aliphatic carbocycles. The largest absolute Gasteiger partial charge is 0.492 e. The Balaban J connectivity index is 1.23. The van der Waals surface area contributed by atoms with Gasteiger partial charge in [-0.15, -0.1) is 4.40 Å². The van der Waals surface area contributed by atoms with Gasteiger partial charge < -0.3 is 20.7 Å². The van der Waals surface area contributed by atoms with E-state index in [0.717, 1.165) is 44.6 Å². The molecule has 5 rings (SSSR count). The summed E-state index contributed by atoms with van der Waals surface area (Å²) in [6.45, 7) is 2.04. The highest BCUT2D eigenvalue weighted by atomic mass is 32.2. The number of hydrogen-bond acceptors (Lipinski definition) is 7. The molecule has 2 fully saturated rings. The molecule has 3 aliphatic rings. The van der Waals surface area contributed by atoms with Gasteiger partial charge in [-0.25, -0.2) is 4.98 Å². The van der Waals surface area contributed by atoms with Crippen molar-refractivity contribution in [2.24, 2.45) is 16.0 Å². The number of fused-ring (bicyclic) bond motifs is 1. The third-order valence-electron chi connectivity index (χ3n) is 7.01. The number of carbonyl (C=O) groups is 1. The normalized spacial score (nSPS) is 21.6. The predicted octanol–water partition coefficient (Wildman–Crippen LogP) is 2.82. The van der Waals surface area contributed by atoms with Crippen molar-refractivity contribution in [3.63, 3.8) is 0 Å². The number of anilines is 2. The van der Waals surface area contributed by atoms with Crippen LogP contribution < -0.4 is 25.4 Å². The van der Waals surface area contributed by atoms with Crippen LogP contribution in [0.2, 0.25) is 0 Å². The smallest absolute Gasteiger partial charge is 0.344 e. The third kappa shape index (κ3) is 5.56. The van der Waals surface area contributed by atoms with Gasteiger partial charge in [-0.3, -0.25) is 9.52 Å². The minimum absolute atomic E-state index is 0.0360. The van der Waals surface area contributed by atoms with Crippen molar-refractivity contribution in [1.29, 1.82) is 0 Å². The van der Waals surface area contributed by atoms with Gasteiger partial charge in [0, 0.05) is 36.8 Å². The topological polar surface area (TPSA) is 139 Å². The summed E-state index contributed by atoms with van der Waals surface area (Å²) in [6.07, 6.45) is 9.35. The van der Waals surface area contributed by atoms with Crippen LogP contribution in [0, 0.1) is 5.92 Å². The first-order valence-electron chi connectivity index (χ1n) is 12.5. The van der Waals surface area contributed by atoms with Crippen LogP contribution in [-0.4, -0.2) is 50.9 Å². The van der Waals surface area contributed by atoms with Crippen LogP contribution in [0.1, 0.15) is 60.9 Å². The molecular formula is C25H32N6O4S. The van der Waals surface area contributed by atoms with Crippen LogP contribution in [0.5, 0.6) is 5.75 Å². The molecule has 0 spiro atoms. The maximum atomic E-state index is 12.8. The van der Waals surface area contributed by atoms with Gasteiger partial charge in [0.15, 0.2) is 5.84 Å². The molecule has 1 saturated heterocycles. The van der Waals surface area contributed by atoms with Gasteiger partial charge in [-0.2, -0.15) is 8.42 Å². The van der Waals surface area contributed by atoms with E-state index in [2.05, 4.69) is 24.3 Å². The minimum atomic E-state index is -3.84. The van der Waals surface area contributed by atoms with Gasteiger partial charge in [-0.05, 0) is 49.9 Å². The Morgan fingerprint density at radius 3 is 2.83 bits per heavy atom. The first-order valence-corrected chi connectivity index (χ1v) is 14.0. The van der Waals surface area contributed by atoms with E-state index in [0.29, 0.717) is 29.2 Å². The van der Waals surface area contributed by atoms with Crippen molar-refractivity contribution < 1.29 is 17.9 Å². The highest BCUT2D eigenvalue weighted by Gasteiger charge is 2.26. The van der Waals surface area contributed by atoms with Crippen LogP contribution >= 0.6 is 0 Å². The fourth-order valence-electron chi connectivity index (χ4n) is 5.20. The molecule has 1 aromatic heterocycles. The maximum Gasteiger partial charge on any atom is 0.344 e. The Labute approximate surface area is 211 Å². The first kappa shape index (κ1) is 24.4. The number of pyridine rings is 1. The molecule has 2 aromatic rings. The molecule has 0 bridgehead atoms. The van der Waals surface area contributed by atoms with E-state index >= 15 is 0 Å². The molecule has 11 heteroatoms. The number of nitrogens with two attached hydrogens (primary N) is 1. The van der Waals surface area contributed by atoms with E-state index in [-0.39, 0.29) is 23.7 Å². The van der Waals surface area contributed by atoms with Gasteiger partial charge >= 0.3 is 10.2 Å². The monoisotopic (exact) mass is 512 g/mol. The fourth-order valence-corrected chi connectivity index (χ4v) is 6.05. The van der Waals surface area contributed by atoms with Crippen LogP contribution in [0.25, 0.3) is 0 Å². The van der Waals surface area contributed by atoms with E-state index in [4.69, 9.17) is 10.5 Å². The molecule has 1 amide bonds. The number of nitrogens with one attached hydrogen (secondary N) is 2. The Morgan fingerprint density at radius 2 is 2.00 bits per heavy atom. The number of piperidine rings is 1. The van der Waals surface area contributed by atoms with Gasteiger partial charge in [0.25, 0.3) is 5.91 Å². The summed E-state index contributed by atoms with van der Waals surface area (Å²) in [6, 6.07) is 9.02. The molecule has 1 atom stereocenters. The average molecular weight is 513 g/mol.